The van der Waals surface area contributed by atoms with E-state index < -0.39 is 0 Å². The maximum atomic E-state index is 13.1. The summed E-state index contributed by atoms with van der Waals surface area (Å²) in [7, 11) is 0. The highest BCUT2D eigenvalue weighted by Crippen LogP contribution is 2.18. The van der Waals surface area contributed by atoms with E-state index in [1.54, 1.807) is 0 Å². The monoisotopic (exact) mass is 400 g/mol. The minimum absolute atomic E-state index is 0.0133. The zero-order chi connectivity index (χ0) is 20.8. The normalized spacial score (nSPS) is 13.7. The number of hydrogen-bond donors (Lipinski definition) is 0. The molecule has 2 amide bonds. The van der Waals surface area contributed by atoms with Crippen LogP contribution < -0.4 is 4.74 Å². The van der Waals surface area contributed by atoms with Crippen LogP contribution in [0.4, 0.5) is 0 Å². The predicted molar refractivity (Wildman–Crippen MR) is 115 cm³/mol. The van der Waals surface area contributed by atoms with Crippen molar-refractivity contribution in [2.75, 3.05) is 26.2 Å². The van der Waals surface area contributed by atoms with Crippen LogP contribution in [0.2, 0.25) is 0 Å². The molecule has 1 fully saturated rings. The van der Waals surface area contributed by atoms with Crippen LogP contribution in [0, 0.1) is 0 Å². The van der Waals surface area contributed by atoms with Gasteiger partial charge in [0.05, 0.1) is 0 Å². The second kappa shape index (κ2) is 9.27. The summed E-state index contributed by atoms with van der Waals surface area (Å²) >= 11 is 0. The number of rotatable bonds is 5. The molecule has 152 valence electrons. The van der Waals surface area contributed by atoms with Crippen LogP contribution in [0.25, 0.3) is 0 Å². The van der Waals surface area contributed by atoms with Crippen molar-refractivity contribution in [1.82, 2.24) is 9.80 Å². The van der Waals surface area contributed by atoms with Gasteiger partial charge in [-0.25, -0.2) is 0 Å². The lowest BCUT2D eigenvalue weighted by Gasteiger charge is -2.35. The van der Waals surface area contributed by atoms with Crippen molar-refractivity contribution in [2.24, 2.45) is 0 Å². The molecule has 5 heteroatoms. The number of hydrogen-bond acceptors (Lipinski definition) is 3. The van der Waals surface area contributed by atoms with Crippen LogP contribution in [-0.4, -0.2) is 47.8 Å². The van der Waals surface area contributed by atoms with Gasteiger partial charge in [0.2, 0.25) is 0 Å². The van der Waals surface area contributed by atoms with Crippen molar-refractivity contribution < 1.29 is 14.3 Å². The first kappa shape index (κ1) is 19.7. The van der Waals surface area contributed by atoms with Gasteiger partial charge in [-0.2, -0.15) is 0 Å². The molecule has 1 aliphatic rings. The number of amides is 2. The first-order valence-corrected chi connectivity index (χ1v) is 10.1. The lowest BCUT2D eigenvalue weighted by atomic mass is 10.1. The van der Waals surface area contributed by atoms with Crippen molar-refractivity contribution in [3.8, 4) is 5.75 Å². The topological polar surface area (TPSA) is 49.9 Å². The van der Waals surface area contributed by atoms with Gasteiger partial charge in [-0.3, -0.25) is 9.59 Å². The third-order valence-electron chi connectivity index (χ3n) is 5.26. The van der Waals surface area contributed by atoms with E-state index >= 15 is 0 Å². The van der Waals surface area contributed by atoms with Crippen molar-refractivity contribution in [2.45, 2.75) is 6.61 Å². The molecule has 0 radical (unpaired) electrons. The highest BCUT2D eigenvalue weighted by atomic mass is 16.5. The Bertz CT molecular complexity index is 997. The van der Waals surface area contributed by atoms with E-state index in [-0.39, 0.29) is 11.8 Å². The number of ether oxygens (including phenoxy) is 1. The predicted octanol–water partition coefficient (Wildman–Crippen LogP) is 3.86. The fraction of sp³-hybridized carbons (Fsp3) is 0.200. The molecule has 0 unspecified atom stereocenters. The van der Waals surface area contributed by atoms with Crippen LogP contribution in [0.1, 0.15) is 26.3 Å². The molecule has 3 aromatic carbocycles. The second-order valence-electron chi connectivity index (χ2n) is 7.21. The fourth-order valence-corrected chi connectivity index (χ4v) is 3.58. The van der Waals surface area contributed by atoms with Crippen molar-refractivity contribution >= 4 is 11.8 Å². The molecule has 0 aliphatic carbocycles. The van der Waals surface area contributed by atoms with Gasteiger partial charge in [0, 0.05) is 42.9 Å². The van der Waals surface area contributed by atoms with E-state index in [1.807, 2.05) is 94.7 Å². The van der Waals surface area contributed by atoms with Crippen molar-refractivity contribution in [3.63, 3.8) is 0 Å². The van der Waals surface area contributed by atoms with Crippen molar-refractivity contribution in [3.05, 3.63) is 102 Å². The maximum absolute atomic E-state index is 13.1. The molecule has 0 bridgehead atoms. The van der Waals surface area contributed by atoms with Crippen LogP contribution in [0.15, 0.2) is 84.9 Å². The third kappa shape index (κ3) is 4.51. The third-order valence-corrected chi connectivity index (χ3v) is 5.26. The molecular formula is C25H24N2O3. The van der Waals surface area contributed by atoms with Crippen LogP contribution in [0.5, 0.6) is 5.75 Å². The molecule has 4 rings (SSSR count). The van der Waals surface area contributed by atoms with Gasteiger partial charge >= 0.3 is 0 Å². The summed E-state index contributed by atoms with van der Waals surface area (Å²) in [5.41, 5.74) is 2.19. The zero-order valence-electron chi connectivity index (χ0n) is 16.7. The first-order valence-electron chi connectivity index (χ1n) is 10.1. The summed E-state index contributed by atoms with van der Waals surface area (Å²) in [6.07, 6.45) is 0. The number of carbonyl (C=O) groups excluding carboxylic acids is 2. The fourth-order valence-electron chi connectivity index (χ4n) is 3.58. The Hall–Kier alpha value is -3.60. The lowest BCUT2D eigenvalue weighted by molar-refractivity contribution is 0.0534. The van der Waals surface area contributed by atoms with E-state index in [9.17, 15) is 9.59 Å². The Morgan fingerprint density at radius 2 is 1.20 bits per heavy atom. The van der Waals surface area contributed by atoms with Gasteiger partial charge < -0.3 is 14.5 Å². The van der Waals surface area contributed by atoms with Gasteiger partial charge in [0.15, 0.2) is 0 Å². The highest BCUT2D eigenvalue weighted by Gasteiger charge is 2.26. The molecule has 0 atom stereocenters. The summed E-state index contributed by atoms with van der Waals surface area (Å²) in [6, 6.07) is 26.4. The Morgan fingerprint density at radius 1 is 0.667 bits per heavy atom. The number of nitrogens with zero attached hydrogens (tertiary/aromatic N) is 2. The summed E-state index contributed by atoms with van der Waals surface area (Å²) in [4.78, 5) is 29.4. The Labute approximate surface area is 176 Å². The average molecular weight is 400 g/mol. The Kier molecular flexibility index (Phi) is 6.09. The molecule has 1 aliphatic heterocycles. The summed E-state index contributed by atoms with van der Waals surface area (Å²) in [5, 5.41) is 0. The molecular weight excluding hydrogens is 376 g/mol. The summed E-state index contributed by atoms with van der Waals surface area (Å²) < 4.78 is 5.84. The molecule has 3 aromatic rings. The second-order valence-corrected chi connectivity index (χ2v) is 7.21. The average Bonchev–Trinajstić information content (AvgIpc) is 2.83. The highest BCUT2D eigenvalue weighted by molar-refractivity contribution is 5.96. The van der Waals surface area contributed by atoms with Crippen molar-refractivity contribution in [1.29, 1.82) is 0 Å². The number of carbonyl (C=O) groups is 2. The standard InChI is InChI=1S/C25H24N2O3/c28-24(20-9-3-1-4-10-20)26-15-17-27(18-16-26)25(29)23-14-8-7-11-21(23)19-30-22-12-5-2-6-13-22/h1-14H,15-19H2. The van der Waals surface area contributed by atoms with E-state index in [0.717, 1.165) is 11.3 Å². The van der Waals surface area contributed by atoms with Gasteiger partial charge in [0.1, 0.15) is 12.4 Å². The molecule has 5 nitrogen and oxygen atoms in total. The van der Waals surface area contributed by atoms with E-state index in [4.69, 9.17) is 4.74 Å². The van der Waals surface area contributed by atoms with E-state index in [1.165, 1.54) is 0 Å². The number of benzene rings is 3. The number of para-hydroxylation sites is 1. The zero-order valence-corrected chi connectivity index (χ0v) is 16.7. The minimum atomic E-state index is -0.0194. The van der Waals surface area contributed by atoms with Gasteiger partial charge in [-0.15, -0.1) is 0 Å². The quantitative estimate of drug-likeness (QED) is 0.653. The summed E-state index contributed by atoms with van der Waals surface area (Å²) in [5.74, 6) is 0.765. The largest absolute Gasteiger partial charge is 0.489 e. The number of piperazine rings is 1. The van der Waals surface area contributed by atoms with Crippen LogP contribution in [-0.2, 0) is 6.61 Å². The maximum Gasteiger partial charge on any atom is 0.254 e. The van der Waals surface area contributed by atoms with Gasteiger partial charge in [-0.1, -0.05) is 54.6 Å². The van der Waals surface area contributed by atoms with Crippen LogP contribution in [0.3, 0.4) is 0 Å². The molecule has 0 saturated carbocycles. The first-order chi connectivity index (χ1) is 14.7. The molecule has 1 saturated heterocycles. The molecule has 1 heterocycles. The smallest absolute Gasteiger partial charge is 0.254 e. The van der Waals surface area contributed by atoms with Gasteiger partial charge in [0.25, 0.3) is 11.8 Å². The van der Waals surface area contributed by atoms with E-state index in [2.05, 4.69) is 0 Å². The molecule has 30 heavy (non-hydrogen) atoms. The Balaban J connectivity index is 1.39. The van der Waals surface area contributed by atoms with Crippen LogP contribution >= 0.6 is 0 Å². The lowest BCUT2D eigenvalue weighted by Crippen LogP contribution is -2.50. The molecule has 0 N–H and O–H groups in total. The SMILES string of the molecule is O=C(c1ccccc1)N1CCN(C(=O)c2ccccc2COc2ccccc2)CC1. The van der Waals surface area contributed by atoms with Gasteiger partial charge in [-0.05, 0) is 30.3 Å². The molecule has 0 spiro atoms. The van der Waals surface area contributed by atoms with E-state index in [0.29, 0.717) is 43.9 Å². The summed E-state index contributed by atoms with van der Waals surface area (Å²) in [6.45, 7) is 2.43. The molecule has 0 aromatic heterocycles. The Morgan fingerprint density at radius 3 is 1.87 bits per heavy atom. The minimum Gasteiger partial charge on any atom is -0.489 e.